The molecule has 1 saturated heterocycles. The SMILES string of the molecule is Cc1cccn2c(CN3CCCCC3C)c(C(=O)O)nc12. The van der Waals surface area contributed by atoms with Gasteiger partial charge < -0.3 is 9.51 Å². The molecule has 1 atom stereocenters. The van der Waals surface area contributed by atoms with Gasteiger partial charge in [0.05, 0.1) is 5.69 Å². The number of aromatic nitrogens is 2. The second-order valence-electron chi connectivity index (χ2n) is 5.91. The lowest BCUT2D eigenvalue weighted by Crippen LogP contribution is -2.37. The molecule has 21 heavy (non-hydrogen) atoms. The van der Waals surface area contributed by atoms with E-state index in [2.05, 4.69) is 16.8 Å². The molecule has 0 aromatic carbocycles. The third-order valence-electron chi connectivity index (χ3n) is 4.44. The maximum Gasteiger partial charge on any atom is 0.356 e. The van der Waals surface area contributed by atoms with Crippen LogP contribution in [0.25, 0.3) is 5.65 Å². The minimum atomic E-state index is -0.947. The monoisotopic (exact) mass is 287 g/mol. The van der Waals surface area contributed by atoms with Crippen LogP contribution in [0.3, 0.4) is 0 Å². The lowest BCUT2D eigenvalue weighted by Gasteiger charge is -2.33. The number of likely N-dealkylation sites (tertiary alicyclic amines) is 1. The molecule has 5 heteroatoms. The van der Waals surface area contributed by atoms with E-state index in [9.17, 15) is 9.90 Å². The number of hydrogen-bond acceptors (Lipinski definition) is 3. The standard InChI is InChI=1S/C16H21N3O2/c1-11-6-5-9-19-13(14(16(20)21)17-15(11)19)10-18-8-4-3-7-12(18)2/h5-6,9,12H,3-4,7-8,10H2,1-2H3,(H,20,21). The fraction of sp³-hybridized carbons (Fsp3) is 0.500. The average molecular weight is 287 g/mol. The third-order valence-corrected chi connectivity index (χ3v) is 4.44. The molecule has 0 radical (unpaired) electrons. The van der Waals surface area contributed by atoms with Crippen molar-refractivity contribution in [2.45, 2.75) is 45.7 Å². The van der Waals surface area contributed by atoms with Gasteiger partial charge in [-0.05, 0) is 44.9 Å². The van der Waals surface area contributed by atoms with Crippen molar-refractivity contribution in [3.05, 3.63) is 35.3 Å². The van der Waals surface area contributed by atoms with E-state index < -0.39 is 5.97 Å². The molecule has 1 N–H and O–H groups in total. The van der Waals surface area contributed by atoms with E-state index in [1.807, 2.05) is 29.7 Å². The van der Waals surface area contributed by atoms with E-state index in [0.29, 0.717) is 12.6 Å². The molecule has 1 aliphatic rings. The number of rotatable bonds is 3. The first-order valence-corrected chi connectivity index (χ1v) is 7.52. The second kappa shape index (κ2) is 5.48. The number of fused-ring (bicyclic) bond motifs is 1. The summed E-state index contributed by atoms with van der Waals surface area (Å²) in [7, 11) is 0. The van der Waals surface area contributed by atoms with Gasteiger partial charge in [0.15, 0.2) is 5.69 Å². The topological polar surface area (TPSA) is 57.8 Å². The smallest absolute Gasteiger partial charge is 0.356 e. The van der Waals surface area contributed by atoms with Crippen molar-refractivity contribution in [2.24, 2.45) is 0 Å². The molecule has 2 aromatic heterocycles. The summed E-state index contributed by atoms with van der Waals surface area (Å²) in [5.41, 5.74) is 2.71. The summed E-state index contributed by atoms with van der Waals surface area (Å²) in [6.45, 7) is 5.85. The average Bonchev–Trinajstić information content (AvgIpc) is 2.82. The van der Waals surface area contributed by atoms with Crippen molar-refractivity contribution in [1.82, 2.24) is 14.3 Å². The minimum absolute atomic E-state index is 0.182. The Kier molecular flexibility index (Phi) is 3.68. The van der Waals surface area contributed by atoms with Crippen molar-refractivity contribution in [2.75, 3.05) is 6.54 Å². The van der Waals surface area contributed by atoms with E-state index >= 15 is 0 Å². The van der Waals surface area contributed by atoms with Crippen molar-refractivity contribution < 1.29 is 9.90 Å². The Morgan fingerprint density at radius 1 is 1.48 bits per heavy atom. The number of aromatic carboxylic acids is 1. The number of aryl methyl sites for hydroxylation is 1. The molecule has 0 saturated carbocycles. The van der Waals surface area contributed by atoms with Crippen LogP contribution in [-0.2, 0) is 6.54 Å². The molecule has 0 amide bonds. The third kappa shape index (κ3) is 2.53. The van der Waals surface area contributed by atoms with Gasteiger partial charge in [-0.25, -0.2) is 9.78 Å². The predicted molar refractivity (Wildman–Crippen MR) is 80.6 cm³/mol. The number of hydrogen-bond donors (Lipinski definition) is 1. The Hall–Kier alpha value is -1.88. The van der Waals surface area contributed by atoms with E-state index in [4.69, 9.17) is 0 Å². The lowest BCUT2D eigenvalue weighted by atomic mass is 10.0. The molecule has 3 rings (SSSR count). The van der Waals surface area contributed by atoms with Crippen LogP contribution < -0.4 is 0 Å². The van der Waals surface area contributed by atoms with Crippen LogP contribution in [0, 0.1) is 6.92 Å². The maximum atomic E-state index is 11.5. The van der Waals surface area contributed by atoms with Gasteiger partial charge in [0.1, 0.15) is 5.65 Å². The van der Waals surface area contributed by atoms with Crippen molar-refractivity contribution >= 4 is 11.6 Å². The Bertz CT molecular complexity index is 677. The minimum Gasteiger partial charge on any atom is -0.476 e. The van der Waals surface area contributed by atoms with E-state index in [1.54, 1.807) is 0 Å². The molecular formula is C16H21N3O2. The quantitative estimate of drug-likeness (QED) is 0.943. The van der Waals surface area contributed by atoms with E-state index in [0.717, 1.165) is 23.4 Å². The van der Waals surface area contributed by atoms with Crippen LogP contribution in [-0.4, -0.2) is 37.9 Å². The highest BCUT2D eigenvalue weighted by atomic mass is 16.4. The molecule has 0 spiro atoms. The predicted octanol–water partition coefficient (Wildman–Crippen LogP) is 2.72. The van der Waals surface area contributed by atoms with Gasteiger partial charge in [-0.15, -0.1) is 0 Å². The number of nitrogens with zero attached hydrogens (tertiary/aromatic N) is 3. The zero-order valence-corrected chi connectivity index (χ0v) is 12.5. The molecule has 2 aromatic rings. The Morgan fingerprint density at radius 3 is 3.00 bits per heavy atom. The van der Waals surface area contributed by atoms with Gasteiger partial charge >= 0.3 is 5.97 Å². The fourth-order valence-corrected chi connectivity index (χ4v) is 3.16. The Labute approximate surface area is 124 Å². The van der Waals surface area contributed by atoms with E-state index in [1.165, 1.54) is 19.3 Å². The van der Waals surface area contributed by atoms with Crippen molar-refractivity contribution in [3.63, 3.8) is 0 Å². The molecular weight excluding hydrogens is 266 g/mol. The molecule has 1 unspecified atom stereocenters. The van der Waals surface area contributed by atoms with Crippen molar-refractivity contribution in [3.8, 4) is 0 Å². The van der Waals surface area contributed by atoms with Gasteiger partial charge in [0, 0.05) is 18.8 Å². The first-order valence-electron chi connectivity index (χ1n) is 7.52. The number of carboxylic acid groups (broad SMARTS) is 1. The Morgan fingerprint density at radius 2 is 2.29 bits per heavy atom. The van der Waals surface area contributed by atoms with Crippen LogP contribution in [0.5, 0.6) is 0 Å². The zero-order valence-electron chi connectivity index (χ0n) is 12.5. The number of imidazole rings is 1. The van der Waals surface area contributed by atoms with Crippen LogP contribution in [0.15, 0.2) is 18.3 Å². The first kappa shape index (κ1) is 14.1. The van der Waals surface area contributed by atoms with Gasteiger partial charge in [0.2, 0.25) is 0 Å². The molecule has 112 valence electrons. The highest BCUT2D eigenvalue weighted by molar-refractivity contribution is 5.88. The summed E-state index contributed by atoms with van der Waals surface area (Å²) in [6, 6.07) is 4.40. The number of piperidine rings is 1. The maximum absolute atomic E-state index is 11.5. The molecule has 1 fully saturated rings. The zero-order chi connectivity index (χ0) is 15.0. The van der Waals surface area contributed by atoms with E-state index in [-0.39, 0.29) is 5.69 Å². The second-order valence-corrected chi connectivity index (χ2v) is 5.91. The van der Waals surface area contributed by atoms with Crippen LogP contribution in [0.2, 0.25) is 0 Å². The van der Waals surface area contributed by atoms with Gasteiger partial charge in [-0.1, -0.05) is 12.5 Å². The Balaban J connectivity index is 2.05. The van der Waals surface area contributed by atoms with Crippen LogP contribution in [0.4, 0.5) is 0 Å². The number of carbonyl (C=O) groups is 1. The number of carboxylic acids is 1. The molecule has 5 nitrogen and oxygen atoms in total. The fourth-order valence-electron chi connectivity index (χ4n) is 3.16. The van der Waals surface area contributed by atoms with Crippen LogP contribution >= 0.6 is 0 Å². The number of pyridine rings is 1. The van der Waals surface area contributed by atoms with Crippen LogP contribution in [0.1, 0.15) is 47.9 Å². The van der Waals surface area contributed by atoms with Gasteiger partial charge in [-0.3, -0.25) is 4.90 Å². The molecule has 0 aliphatic carbocycles. The molecule has 0 bridgehead atoms. The highest BCUT2D eigenvalue weighted by Gasteiger charge is 2.24. The highest BCUT2D eigenvalue weighted by Crippen LogP contribution is 2.22. The summed E-state index contributed by atoms with van der Waals surface area (Å²) in [6.07, 6.45) is 5.53. The van der Waals surface area contributed by atoms with Gasteiger partial charge in [-0.2, -0.15) is 0 Å². The summed E-state index contributed by atoms with van der Waals surface area (Å²) in [5.74, 6) is -0.947. The van der Waals surface area contributed by atoms with Crippen molar-refractivity contribution in [1.29, 1.82) is 0 Å². The summed E-state index contributed by atoms with van der Waals surface area (Å²) in [4.78, 5) is 18.2. The summed E-state index contributed by atoms with van der Waals surface area (Å²) >= 11 is 0. The lowest BCUT2D eigenvalue weighted by molar-refractivity contribution is 0.0686. The molecule has 3 heterocycles. The largest absolute Gasteiger partial charge is 0.476 e. The molecule has 1 aliphatic heterocycles. The first-order chi connectivity index (χ1) is 10.1. The van der Waals surface area contributed by atoms with Gasteiger partial charge in [0.25, 0.3) is 0 Å². The normalized spacial score (nSPS) is 20.0. The summed E-state index contributed by atoms with van der Waals surface area (Å²) < 4.78 is 1.93. The summed E-state index contributed by atoms with van der Waals surface area (Å²) in [5, 5.41) is 9.46.